The fourth-order valence-corrected chi connectivity index (χ4v) is 1.51. The van der Waals surface area contributed by atoms with Gasteiger partial charge in [-0.25, -0.2) is 0 Å². The maximum atomic E-state index is 5.60. The summed E-state index contributed by atoms with van der Waals surface area (Å²) in [6, 6.07) is 0. The van der Waals surface area contributed by atoms with E-state index in [-0.39, 0.29) is 0 Å². The van der Waals surface area contributed by atoms with Crippen molar-refractivity contribution in [2.24, 2.45) is 5.73 Å². The highest BCUT2D eigenvalue weighted by molar-refractivity contribution is 5.20. The van der Waals surface area contributed by atoms with E-state index >= 15 is 0 Å². The lowest BCUT2D eigenvalue weighted by Crippen LogP contribution is -2.07. The van der Waals surface area contributed by atoms with Crippen molar-refractivity contribution in [2.45, 2.75) is 39.8 Å². The van der Waals surface area contributed by atoms with Gasteiger partial charge in [0.05, 0.1) is 6.20 Å². The van der Waals surface area contributed by atoms with Crippen molar-refractivity contribution in [1.29, 1.82) is 0 Å². The van der Waals surface area contributed by atoms with E-state index in [1.54, 1.807) is 0 Å². The number of aromatic nitrogens is 2. The lowest BCUT2D eigenvalue weighted by atomic mass is 10.1. The molecule has 68 valence electrons. The Balaban J connectivity index is 3.07. The van der Waals surface area contributed by atoms with Crippen LogP contribution in [0.2, 0.25) is 0 Å². The molecule has 0 spiro atoms. The number of hydrogen-bond acceptors (Lipinski definition) is 2. The highest BCUT2D eigenvalue weighted by atomic mass is 15.3. The lowest BCUT2D eigenvalue weighted by molar-refractivity contribution is 0.595. The van der Waals surface area contributed by atoms with E-state index in [0.717, 1.165) is 6.54 Å². The summed E-state index contributed by atoms with van der Waals surface area (Å²) >= 11 is 0. The Kier molecular flexibility index (Phi) is 2.87. The van der Waals surface area contributed by atoms with E-state index in [4.69, 9.17) is 5.73 Å². The van der Waals surface area contributed by atoms with Crippen LogP contribution in [0.1, 0.15) is 37.9 Å². The van der Waals surface area contributed by atoms with Crippen molar-refractivity contribution in [2.75, 3.05) is 0 Å². The van der Waals surface area contributed by atoms with Crippen LogP contribution < -0.4 is 5.73 Å². The van der Waals surface area contributed by atoms with Gasteiger partial charge in [0.1, 0.15) is 0 Å². The van der Waals surface area contributed by atoms with Crippen molar-refractivity contribution >= 4 is 0 Å². The summed E-state index contributed by atoms with van der Waals surface area (Å²) in [6.07, 6.45) is 1.87. The third kappa shape index (κ3) is 1.50. The first-order chi connectivity index (χ1) is 5.70. The van der Waals surface area contributed by atoms with Crippen LogP contribution in [0.4, 0.5) is 0 Å². The van der Waals surface area contributed by atoms with Crippen molar-refractivity contribution in [3.63, 3.8) is 0 Å². The van der Waals surface area contributed by atoms with Crippen LogP contribution in [-0.4, -0.2) is 9.78 Å². The normalized spacial score (nSPS) is 11.1. The summed E-state index contributed by atoms with van der Waals surface area (Å²) < 4.78 is 2.02. The summed E-state index contributed by atoms with van der Waals surface area (Å²) in [4.78, 5) is 0. The van der Waals surface area contributed by atoms with Crippen LogP contribution in [-0.2, 0) is 13.1 Å². The van der Waals surface area contributed by atoms with Crippen LogP contribution >= 0.6 is 0 Å². The average Bonchev–Trinajstić information content (AvgIpc) is 2.46. The van der Waals surface area contributed by atoms with Crippen LogP contribution in [0.15, 0.2) is 6.20 Å². The SMILES string of the molecule is CCn1ncc(CN)c1C(C)C. The number of rotatable bonds is 3. The molecule has 0 saturated carbocycles. The molecule has 0 aromatic carbocycles. The molecule has 1 rings (SSSR count). The number of nitrogens with zero attached hydrogens (tertiary/aromatic N) is 2. The summed E-state index contributed by atoms with van der Waals surface area (Å²) in [7, 11) is 0. The molecule has 0 radical (unpaired) electrons. The second-order valence-electron chi connectivity index (χ2n) is 3.23. The van der Waals surface area contributed by atoms with E-state index < -0.39 is 0 Å². The minimum Gasteiger partial charge on any atom is -0.326 e. The fraction of sp³-hybridized carbons (Fsp3) is 0.667. The molecule has 0 aliphatic carbocycles. The lowest BCUT2D eigenvalue weighted by Gasteiger charge is -2.09. The van der Waals surface area contributed by atoms with Gasteiger partial charge in [0.15, 0.2) is 0 Å². The van der Waals surface area contributed by atoms with Crippen molar-refractivity contribution in [1.82, 2.24) is 9.78 Å². The zero-order valence-electron chi connectivity index (χ0n) is 8.04. The molecule has 0 amide bonds. The van der Waals surface area contributed by atoms with Crippen molar-refractivity contribution < 1.29 is 0 Å². The third-order valence-corrected chi connectivity index (χ3v) is 2.03. The molecule has 3 nitrogen and oxygen atoms in total. The van der Waals surface area contributed by atoms with Crippen LogP contribution in [0.3, 0.4) is 0 Å². The molecule has 0 saturated heterocycles. The van der Waals surface area contributed by atoms with Gasteiger partial charge >= 0.3 is 0 Å². The zero-order chi connectivity index (χ0) is 9.14. The van der Waals surface area contributed by atoms with Crippen LogP contribution in [0.5, 0.6) is 0 Å². The molecule has 1 aromatic rings. The molecule has 12 heavy (non-hydrogen) atoms. The number of nitrogens with two attached hydrogens (primary N) is 1. The van der Waals surface area contributed by atoms with Crippen LogP contribution in [0.25, 0.3) is 0 Å². The molecule has 0 fully saturated rings. The first kappa shape index (κ1) is 9.26. The molecule has 0 bridgehead atoms. The van der Waals surface area contributed by atoms with Gasteiger partial charge in [-0.2, -0.15) is 5.10 Å². The van der Waals surface area contributed by atoms with Gasteiger partial charge in [-0.1, -0.05) is 13.8 Å². The van der Waals surface area contributed by atoms with Crippen LogP contribution in [0, 0.1) is 0 Å². The standard InChI is InChI=1S/C9H17N3/c1-4-12-9(7(2)3)8(5-10)6-11-12/h6-7H,4-5,10H2,1-3H3. The predicted molar refractivity (Wildman–Crippen MR) is 49.9 cm³/mol. The molecule has 0 unspecified atom stereocenters. The Bertz CT molecular complexity index is 229. The highest BCUT2D eigenvalue weighted by Gasteiger charge is 2.11. The highest BCUT2D eigenvalue weighted by Crippen LogP contribution is 2.18. The second-order valence-corrected chi connectivity index (χ2v) is 3.23. The van der Waals surface area contributed by atoms with Gasteiger partial charge < -0.3 is 5.73 Å². The van der Waals surface area contributed by atoms with Gasteiger partial charge in [0, 0.05) is 24.3 Å². The van der Waals surface area contributed by atoms with E-state index in [0.29, 0.717) is 12.5 Å². The van der Waals surface area contributed by atoms with Gasteiger partial charge in [-0.3, -0.25) is 4.68 Å². The molecule has 0 atom stereocenters. The van der Waals surface area contributed by atoms with Crippen molar-refractivity contribution in [3.8, 4) is 0 Å². The van der Waals surface area contributed by atoms with Gasteiger partial charge in [0.25, 0.3) is 0 Å². The average molecular weight is 167 g/mol. The molecule has 0 aliphatic rings. The Hall–Kier alpha value is -0.830. The Morgan fingerprint density at radius 3 is 2.67 bits per heavy atom. The summed E-state index contributed by atoms with van der Waals surface area (Å²) in [5.41, 5.74) is 8.05. The first-order valence-electron chi connectivity index (χ1n) is 4.45. The summed E-state index contributed by atoms with van der Waals surface area (Å²) in [6.45, 7) is 7.95. The molecule has 1 aromatic heterocycles. The largest absolute Gasteiger partial charge is 0.326 e. The number of aryl methyl sites for hydroxylation is 1. The van der Waals surface area contributed by atoms with Gasteiger partial charge in [-0.05, 0) is 12.8 Å². The molecule has 1 heterocycles. The third-order valence-electron chi connectivity index (χ3n) is 2.03. The molecule has 0 aliphatic heterocycles. The Morgan fingerprint density at radius 2 is 2.25 bits per heavy atom. The molecule has 3 heteroatoms. The van der Waals surface area contributed by atoms with E-state index in [1.807, 2.05) is 10.9 Å². The maximum Gasteiger partial charge on any atom is 0.0537 e. The smallest absolute Gasteiger partial charge is 0.0537 e. The fourth-order valence-electron chi connectivity index (χ4n) is 1.51. The minimum atomic E-state index is 0.506. The van der Waals surface area contributed by atoms with E-state index in [1.165, 1.54) is 11.3 Å². The topological polar surface area (TPSA) is 43.8 Å². The zero-order valence-corrected chi connectivity index (χ0v) is 8.04. The summed E-state index contributed by atoms with van der Waals surface area (Å²) in [5.74, 6) is 0.506. The van der Waals surface area contributed by atoms with Crippen molar-refractivity contribution in [3.05, 3.63) is 17.5 Å². The molecule has 2 N–H and O–H groups in total. The van der Waals surface area contributed by atoms with Gasteiger partial charge in [0.2, 0.25) is 0 Å². The Labute approximate surface area is 73.6 Å². The first-order valence-corrected chi connectivity index (χ1v) is 4.45. The number of hydrogen-bond donors (Lipinski definition) is 1. The van der Waals surface area contributed by atoms with E-state index in [9.17, 15) is 0 Å². The van der Waals surface area contributed by atoms with Gasteiger partial charge in [-0.15, -0.1) is 0 Å². The monoisotopic (exact) mass is 167 g/mol. The molecular weight excluding hydrogens is 150 g/mol. The summed E-state index contributed by atoms with van der Waals surface area (Å²) in [5, 5.41) is 4.26. The maximum absolute atomic E-state index is 5.60. The second kappa shape index (κ2) is 3.72. The minimum absolute atomic E-state index is 0.506. The molecular formula is C9H17N3. The Morgan fingerprint density at radius 1 is 1.58 bits per heavy atom. The van der Waals surface area contributed by atoms with E-state index in [2.05, 4.69) is 25.9 Å². The predicted octanol–water partition coefficient (Wildman–Crippen LogP) is 1.49. The quantitative estimate of drug-likeness (QED) is 0.741.